The zero-order valence-corrected chi connectivity index (χ0v) is 14.8. The molecule has 4 N–H and O–H groups in total. The summed E-state index contributed by atoms with van der Waals surface area (Å²) in [7, 11) is 7.52. The Labute approximate surface area is 139 Å². The largest absolute Gasteiger partial charge is 0.493 e. The van der Waals surface area contributed by atoms with Gasteiger partial charge in [0.15, 0.2) is 11.5 Å². The van der Waals surface area contributed by atoms with Crippen LogP contribution in [0.3, 0.4) is 0 Å². The van der Waals surface area contributed by atoms with Crippen LogP contribution in [0.25, 0.3) is 0 Å². The summed E-state index contributed by atoms with van der Waals surface area (Å²) in [5.41, 5.74) is 0.993. The molecule has 132 valence electrons. The highest BCUT2D eigenvalue weighted by molar-refractivity contribution is 5.42. The van der Waals surface area contributed by atoms with Crippen molar-refractivity contribution in [2.75, 3.05) is 54.6 Å². The summed E-state index contributed by atoms with van der Waals surface area (Å²) in [6, 6.07) is 5.68. The molecular formula is C17H32N2O4+2. The van der Waals surface area contributed by atoms with Gasteiger partial charge in [-0.1, -0.05) is 6.07 Å². The van der Waals surface area contributed by atoms with Gasteiger partial charge in [-0.25, -0.2) is 0 Å². The second kappa shape index (κ2) is 11.2. The lowest BCUT2D eigenvalue weighted by Crippen LogP contribution is -3.06. The molecule has 23 heavy (non-hydrogen) atoms. The van der Waals surface area contributed by atoms with Gasteiger partial charge in [0.05, 0.1) is 54.6 Å². The van der Waals surface area contributed by atoms with Crippen LogP contribution in [0.4, 0.5) is 0 Å². The fourth-order valence-corrected chi connectivity index (χ4v) is 2.26. The number of quaternary nitrogens is 2. The number of benzene rings is 1. The minimum absolute atomic E-state index is 0.337. The highest BCUT2D eigenvalue weighted by Crippen LogP contribution is 2.27. The maximum atomic E-state index is 9.91. The summed E-state index contributed by atoms with van der Waals surface area (Å²) < 4.78 is 16.0. The lowest BCUT2D eigenvalue weighted by molar-refractivity contribution is -0.860. The van der Waals surface area contributed by atoms with Crippen molar-refractivity contribution in [1.82, 2.24) is 0 Å². The molecule has 0 aliphatic heterocycles. The number of nitrogens with two attached hydrogens (primary N) is 1. The average Bonchev–Trinajstić information content (AvgIpc) is 2.54. The Bertz CT molecular complexity index is 441. The summed E-state index contributed by atoms with van der Waals surface area (Å²) >= 11 is 0. The van der Waals surface area contributed by atoms with E-state index in [2.05, 4.69) is 19.4 Å². The molecule has 1 aromatic rings. The second-order valence-electron chi connectivity index (χ2n) is 5.98. The topological polar surface area (TPSA) is 69.0 Å². The minimum atomic E-state index is -0.443. The van der Waals surface area contributed by atoms with Crippen LogP contribution in [0.1, 0.15) is 12.0 Å². The monoisotopic (exact) mass is 328 g/mol. The summed E-state index contributed by atoms with van der Waals surface area (Å²) in [5, 5.41) is 12.1. The van der Waals surface area contributed by atoms with E-state index in [9.17, 15) is 5.11 Å². The van der Waals surface area contributed by atoms with Gasteiger partial charge in [-0.05, 0) is 17.7 Å². The van der Waals surface area contributed by atoms with Gasteiger partial charge in [0.1, 0.15) is 12.6 Å². The standard InChI is InChI=1S/C17H30N2O4/c1-19(2)9-5-8-18-11-15(20)13-23-12-14-6-7-16(21-3)17(10-14)22-4/h6-7,10,15,18,20H,5,8-9,11-13H2,1-4H3/p+2/t15-/m1/s1. The van der Waals surface area contributed by atoms with Crippen LogP contribution < -0.4 is 19.7 Å². The van der Waals surface area contributed by atoms with Crippen LogP contribution in [0.15, 0.2) is 18.2 Å². The van der Waals surface area contributed by atoms with E-state index in [0.717, 1.165) is 25.1 Å². The van der Waals surface area contributed by atoms with Crippen LogP contribution in [-0.4, -0.2) is 65.8 Å². The number of rotatable bonds is 12. The van der Waals surface area contributed by atoms with Gasteiger partial charge in [0.25, 0.3) is 0 Å². The number of ether oxygens (including phenoxy) is 3. The molecule has 6 heteroatoms. The van der Waals surface area contributed by atoms with Gasteiger partial charge >= 0.3 is 0 Å². The van der Waals surface area contributed by atoms with Crippen molar-refractivity contribution in [2.45, 2.75) is 19.1 Å². The van der Waals surface area contributed by atoms with Crippen molar-refractivity contribution in [3.8, 4) is 11.5 Å². The maximum absolute atomic E-state index is 9.91. The Kier molecular flexibility index (Phi) is 9.63. The predicted molar refractivity (Wildman–Crippen MR) is 89.2 cm³/mol. The molecule has 1 atom stereocenters. The van der Waals surface area contributed by atoms with Crippen LogP contribution >= 0.6 is 0 Å². The van der Waals surface area contributed by atoms with E-state index in [1.54, 1.807) is 14.2 Å². The quantitative estimate of drug-likeness (QED) is 0.416. The Morgan fingerprint density at radius 2 is 1.91 bits per heavy atom. The molecule has 1 rings (SSSR count). The minimum Gasteiger partial charge on any atom is -0.493 e. The Hall–Kier alpha value is -1.34. The van der Waals surface area contributed by atoms with Crippen molar-refractivity contribution in [3.05, 3.63) is 23.8 Å². The molecule has 0 unspecified atom stereocenters. The molecule has 0 aromatic heterocycles. The fourth-order valence-electron chi connectivity index (χ4n) is 2.26. The molecule has 1 aromatic carbocycles. The first-order valence-electron chi connectivity index (χ1n) is 8.14. The third-order valence-electron chi connectivity index (χ3n) is 3.55. The summed E-state index contributed by atoms with van der Waals surface area (Å²) in [4.78, 5) is 1.46. The lowest BCUT2D eigenvalue weighted by atomic mass is 10.2. The number of aliphatic hydroxyl groups is 1. The van der Waals surface area contributed by atoms with E-state index in [0.29, 0.717) is 31.3 Å². The van der Waals surface area contributed by atoms with Crippen molar-refractivity contribution < 1.29 is 29.5 Å². The first kappa shape index (κ1) is 19.7. The van der Waals surface area contributed by atoms with Gasteiger partial charge in [-0.15, -0.1) is 0 Å². The molecule has 0 spiro atoms. The Balaban J connectivity index is 2.20. The zero-order valence-electron chi connectivity index (χ0n) is 14.8. The Morgan fingerprint density at radius 3 is 2.57 bits per heavy atom. The molecule has 0 saturated heterocycles. The molecule has 0 fully saturated rings. The van der Waals surface area contributed by atoms with Gasteiger partial charge in [-0.2, -0.15) is 0 Å². The highest BCUT2D eigenvalue weighted by atomic mass is 16.5. The van der Waals surface area contributed by atoms with E-state index in [1.807, 2.05) is 18.2 Å². The van der Waals surface area contributed by atoms with Gasteiger partial charge in [0.2, 0.25) is 0 Å². The number of hydrogen-bond donors (Lipinski definition) is 3. The molecule has 0 aliphatic carbocycles. The number of aliphatic hydroxyl groups excluding tert-OH is 1. The summed E-state index contributed by atoms with van der Waals surface area (Å²) in [6.07, 6.45) is 0.712. The fraction of sp³-hybridized carbons (Fsp3) is 0.647. The van der Waals surface area contributed by atoms with E-state index >= 15 is 0 Å². The maximum Gasteiger partial charge on any atom is 0.161 e. The molecule has 0 amide bonds. The average molecular weight is 328 g/mol. The van der Waals surface area contributed by atoms with Gasteiger partial charge in [-0.3, -0.25) is 0 Å². The summed E-state index contributed by atoms with van der Waals surface area (Å²) in [6.45, 7) is 3.65. The summed E-state index contributed by atoms with van der Waals surface area (Å²) in [5.74, 6) is 1.39. The van der Waals surface area contributed by atoms with E-state index in [-0.39, 0.29) is 0 Å². The first-order valence-corrected chi connectivity index (χ1v) is 8.14. The van der Waals surface area contributed by atoms with Crippen molar-refractivity contribution >= 4 is 0 Å². The van der Waals surface area contributed by atoms with E-state index in [1.165, 1.54) is 4.90 Å². The third kappa shape index (κ3) is 8.18. The van der Waals surface area contributed by atoms with Crippen LogP contribution in [0.2, 0.25) is 0 Å². The van der Waals surface area contributed by atoms with Crippen LogP contribution in [0, 0.1) is 0 Å². The van der Waals surface area contributed by atoms with E-state index < -0.39 is 6.10 Å². The zero-order chi connectivity index (χ0) is 17.1. The molecule has 6 nitrogen and oxygen atoms in total. The number of methoxy groups -OCH3 is 2. The third-order valence-corrected chi connectivity index (χ3v) is 3.55. The SMILES string of the molecule is COc1ccc(COC[C@H](O)C[NH2+]CCC[NH+](C)C)cc1OC. The van der Waals surface area contributed by atoms with Gasteiger partial charge in [0, 0.05) is 6.42 Å². The van der Waals surface area contributed by atoms with Crippen molar-refractivity contribution in [1.29, 1.82) is 0 Å². The normalized spacial score (nSPS) is 12.4. The molecule has 0 bridgehead atoms. The van der Waals surface area contributed by atoms with Gasteiger partial charge < -0.3 is 29.5 Å². The van der Waals surface area contributed by atoms with E-state index in [4.69, 9.17) is 14.2 Å². The van der Waals surface area contributed by atoms with Crippen molar-refractivity contribution in [3.63, 3.8) is 0 Å². The first-order chi connectivity index (χ1) is 11.1. The smallest absolute Gasteiger partial charge is 0.161 e. The second-order valence-corrected chi connectivity index (χ2v) is 5.98. The number of hydrogen-bond acceptors (Lipinski definition) is 4. The highest BCUT2D eigenvalue weighted by Gasteiger charge is 2.08. The van der Waals surface area contributed by atoms with Crippen molar-refractivity contribution in [2.24, 2.45) is 0 Å². The molecular weight excluding hydrogens is 296 g/mol. The van der Waals surface area contributed by atoms with Crippen LogP contribution in [-0.2, 0) is 11.3 Å². The number of nitrogens with one attached hydrogen (secondary N) is 1. The predicted octanol–water partition coefficient (Wildman–Crippen LogP) is -1.32. The van der Waals surface area contributed by atoms with Crippen LogP contribution in [0.5, 0.6) is 11.5 Å². The lowest BCUT2D eigenvalue weighted by Gasteiger charge is -2.12. The molecule has 0 saturated carbocycles. The molecule has 0 heterocycles. The molecule has 0 radical (unpaired) electrons. The Morgan fingerprint density at radius 1 is 1.17 bits per heavy atom. The molecule has 0 aliphatic rings.